The van der Waals surface area contributed by atoms with Gasteiger partial charge in [-0.15, -0.1) is 0 Å². The van der Waals surface area contributed by atoms with E-state index in [0.29, 0.717) is 0 Å². The number of rotatable bonds is 4. The molecule has 1 amide bonds. The van der Waals surface area contributed by atoms with E-state index in [0.717, 1.165) is 36.2 Å². The van der Waals surface area contributed by atoms with E-state index >= 15 is 0 Å². The van der Waals surface area contributed by atoms with Crippen LogP contribution in [0.5, 0.6) is 0 Å². The highest BCUT2D eigenvalue weighted by Crippen LogP contribution is 2.31. The fraction of sp³-hybridized carbons (Fsp3) is 0.533. The van der Waals surface area contributed by atoms with E-state index in [1.165, 1.54) is 6.42 Å². The van der Waals surface area contributed by atoms with Gasteiger partial charge in [-0.3, -0.25) is 4.79 Å². The summed E-state index contributed by atoms with van der Waals surface area (Å²) < 4.78 is 0. The van der Waals surface area contributed by atoms with Gasteiger partial charge >= 0.3 is 0 Å². The van der Waals surface area contributed by atoms with Gasteiger partial charge in [0.05, 0.1) is 0 Å². The van der Waals surface area contributed by atoms with Crippen LogP contribution in [0.2, 0.25) is 0 Å². The number of hydrogen-bond donors (Lipinski definition) is 2. The van der Waals surface area contributed by atoms with Gasteiger partial charge in [0.25, 0.3) is 5.91 Å². The van der Waals surface area contributed by atoms with Crippen LogP contribution in [0.3, 0.4) is 0 Å². The summed E-state index contributed by atoms with van der Waals surface area (Å²) in [6.45, 7) is 7.11. The maximum Gasteiger partial charge on any atom is 0.251 e. The minimum Gasteiger partial charge on any atom is -0.385 e. The molecule has 1 aromatic carbocycles. The Morgan fingerprint density at radius 3 is 2.61 bits per heavy atom. The van der Waals surface area contributed by atoms with E-state index in [9.17, 15) is 4.79 Å². The van der Waals surface area contributed by atoms with E-state index in [-0.39, 0.29) is 11.4 Å². The van der Waals surface area contributed by atoms with Crippen LogP contribution >= 0.6 is 0 Å². The van der Waals surface area contributed by atoms with E-state index in [2.05, 4.69) is 24.5 Å². The molecule has 0 unspecified atom stereocenters. The Kier molecular flexibility index (Phi) is 3.60. The molecule has 98 valence electrons. The summed E-state index contributed by atoms with van der Waals surface area (Å²) in [4.78, 5) is 12.1. The molecule has 2 N–H and O–H groups in total. The predicted octanol–water partition coefficient (Wildman–Crippen LogP) is 3.10. The van der Waals surface area contributed by atoms with Crippen LogP contribution in [0.1, 0.15) is 49.0 Å². The molecule has 0 heterocycles. The molecule has 0 atom stereocenters. The Balaban J connectivity index is 2.08. The average Bonchev–Trinajstić information content (AvgIpc) is 2.30. The normalized spacial score (nSPS) is 16.8. The summed E-state index contributed by atoms with van der Waals surface area (Å²) in [5.74, 6) is 0.0448. The van der Waals surface area contributed by atoms with Gasteiger partial charge in [0.2, 0.25) is 0 Å². The van der Waals surface area contributed by atoms with E-state index in [1.54, 1.807) is 0 Å². The number of carbonyl (C=O) groups is 1. The summed E-state index contributed by atoms with van der Waals surface area (Å²) in [6.07, 6.45) is 3.40. The maximum atomic E-state index is 12.1. The molecule has 1 aliphatic rings. The summed E-state index contributed by atoms with van der Waals surface area (Å²) >= 11 is 0. The van der Waals surface area contributed by atoms with Gasteiger partial charge in [0.1, 0.15) is 0 Å². The molecule has 18 heavy (non-hydrogen) atoms. The van der Waals surface area contributed by atoms with Crippen LogP contribution < -0.4 is 10.6 Å². The van der Waals surface area contributed by atoms with Crippen molar-refractivity contribution < 1.29 is 4.79 Å². The molecule has 2 rings (SSSR count). The zero-order valence-electron chi connectivity index (χ0n) is 11.5. The Morgan fingerprint density at radius 1 is 1.39 bits per heavy atom. The number of benzene rings is 1. The molecule has 1 fully saturated rings. The number of aryl methyl sites for hydroxylation is 1. The van der Waals surface area contributed by atoms with Crippen LogP contribution in [-0.4, -0.2) is 18.0 Å². The van der Waals surface area contributed by atoms with Crippen LogP contribution in [0.25, 0.3) is 0 Å². The van der Waals surface area contributed by atoms with Crippen LogP contribution in [0.15, 0.2) is 18.2 Å². The first-order chi connectivity index (χ1) is 8.54. The molecule has 0 spiro atoms. The molecule has 1 saturated carbocycles. The lowest BCUT2D eigenvalue weighted by molar-refractivity contribution is 0.0850. The van der Waals surface area contributed by atoms with E-state index < -0.39 is 0 Å². The molecule has 0 aromatic heterocycles. The van der Waals surface area contributed by atoms with Gasteiger partial charge in [-0.2, -0.15) is 0 Å². The third kappa shape index (κ3) is 2.66. The Labute approximate surface area is 109 Å². The van der Waals surface area contributed by atoms with E-state index in [1.807, 2.05) is 25.1 Å². The Bertz CT molecular complexity index is 450. The van der Waals surface area contributed by atoms with Gasteiger partial charge in [0, 0.05) is 23.3 Å². The minimum absolute atomic E-state index is 0.0192. The SMILES string of the molecule is CCNc1ccc(C(=O)NC2(C)CCC2)cc1C. The summed E-state index contributed by atoms with van der Waals surface area (Å²) in [5.41, 5.74) is 2.99. The van der Waals surface area contributed by atoms with Gasteiger partial charge in [-0.05, 0) is 63.8 Å². The molecule has 1 aromatic rings. The Hall–Kier alpha value is -1.51. The topological polar surface area (TPSA) is 41.1 Å². The summed E-state index contributed by atoms with van der Waals surface area (Å²) in [7, 11) is 0. The number of anilines is 1. The maximum absolute atomic E-state index is 12.1. The standard InChI is InChI=1S/C15H22N2O/c1-4-16-13-7-6-12(10-11(13)2)14(18)17-15(3)8-5-9-15/h6-7,10,16H,4-5,8-9H2,1-3H3,(H,17,18). The van der Waals surface area contributed by atoms with Crippen molar-refractivity contribution in [2.75, 3.05) is 11.9 Å². The molecular weight excluding hydrogens is 224 g/mol. The summed E-state index contributed by atoms with van der Waals surface area (Å²) in [5, 5.41) is 6.41. The zero-order chi connectivity index (χ0) is 13.2. The van der Waals surface area contributed by atoms with Crippen LogP contribution in [-0.2, 0) is 0 Å². The molecule has 0 aliphatic heterocycles. The van der Waals surface area contributed by atoms with Crippen molar-refractivity contribution in [1.29, 1.82) is 0 Å². The van der Waals surface area contributed by atoms with Gasteiger partial charge in [-0.1, -0.05) is 0 Å². The lowest BCUT2D eigenvalue weighted by atomic mass is 9.78. The third-order valence-electron chi connectivity index (χ3n) is 3.73. The van der Waals surface area contributed by atoms with Crippen molar-refractivity contribution in [2.24, 2.45) is 0 Å². The van der Waals surface area contributed by atoms with Crippen molar-refractivity contribution in [3.05, 3.63) is 29.3 Å². The first-order valence-corrected chi connectivity index (χ1v) is 6.71. The quantitative estimate of drug-likeness (QED) is 0.857. The van der Waals surface area contributed by atoms with Crippen molar-refractivity contribution >= 4 is 11.6 Å². The second-order valence-corrected chi connectivity index (χ2v) is 5.43. The van der Waals surface area contributed by atoms with Gasteiger partial charge in [-0.25, -0.2) is 0 Å². The van der Waals surface area contributed by atoms with Crippen LogP contribution in [0, 0.1) is 6.92 Å². The molecule has 0 bridgehead atoms. The molecule has 0 radical (unpaired) electrons. The smallest absolute Gasteiger partial charge is 0.251 e. The van der Waals surface area contributed by atoms with Gasteiger partial charge in [0.15, 0.2) is 0 Å². The summed E-state index contributed by atoms with van der Waals surface area (Å²) in [6, 6.07) is 5.83. The fourth-order valence-electron chi connectivity index (χ4n) is 2.37. The number of carbonyl (C=O) groups excluding carboxylic acids is 1. The molecule has 3 nitrogen and oxygen atoms in total. The van der Waals surface area contributed by atoms with Crippen LogP contribution in [0.4, 0.5) is 5.69 Å². The number of hydrogen-bond acceptors (Lipinski definition) is 2. The van der Waals surface area contributed by atoms with Gasteiger partial charge < -0.3 is 10.6 Å². The molecule has 1 aliphatic carbocycles. The largest absolute Gasteiger partial charge is 0.385 e. The molecule has 0 saturated heterocycles. The lowest BCUT2D eigenvalue weighted by Gasteiger charge is -2.39. The fourth-order valence-corrected chi connectivity index (χ4v) is 2.37. The first kappa shape index (κ1) is 12.9. The first-order valence-electron chi connectivity index (χ1n) is 6.71. The van der Waals surface area contributed by atoms with Crippen molar-refractivity contribution in [3.63, 3.8) is 0 Å². The van der Waals surface area contributed by atoms with Crippen molar-refractivity contribution in [2.45, 2.75) is 45.6 Å². The number of nitrogens with one attached hydrogen (secondary N) is 2. The number of amides is 1. The average molecular weight is 246 g/mol. The minimum atomic E-state index is 0.0192. The van der Waals surface area contributed by atoms with Crippen molar-refractivity contribution in [3.8, 4) is 0 Å². The monoisotopic (exact) mass is 246 g/mol. The molecular formula is C15H22N2O. The highest BCUT2D eigenvalue weighted by Gasteiger charge is 2.33. The van der Waals surface area contributed by atoms with E-state index in [4.69, 9.17) is 0 Å². The lowest BCUT2D eigenvalue weighted by Crippen LogP contribution is -2.50. The predicted molar refractivity (Wildman–Crippen MR) is 75.1 cm³/mol. The third-order valence-corrected chi connectivity index (χ3v) is 3.73. The Morgan fingerprint density at radius 2 is 2.11 bits per heavy atom. The molecule has 3 heteroatoms. The second kappa shape index (κ2) is 5.01. The highest BCUT2D eigenvalue weighted by atomic mass is 16.1. The second-order valence-electron chi connectivity index (χ2n) is 5.43. The highest BCUT2D eigenvalue weighted by molar-refractivity contribution is 5.95. The van der Waals surface area contributed by atoms with Crippen molar-refractivity contribution in [1.82, 2.24) is 5.32 Å². The zero-order valence-corrected chi connectivity index (χ0v) is 11.5.